The molecule has 0 fully saturated rings. The zero-order valence-corrected chi connectivity index (χ0v) is 15.8. The van der Waals surface area contributed by atoms with Crippen molar-refractivity contribution in [1.29, 1.82) is 0 Å². The van der Waals surface area contributed by atoms with E-state index in [1.165, 1.54) is 7.11 Å². The third-order valence-corrected chi connectivity index (χ3v) is 3.64. The van der Waals surface area contributed by atoms with Gasteiger partial charge in [0.15, 0.2) is 6.61 Å². The molecule has 0 aliphatic heterocycles. The van der Waals surface area contributed by atoms with Gasteiger partial charge in [-0.3, -0.25) is 10.1 Å². The maximum atomic E-state index is 12.1. The monoisotopic (exact) mass is 392 g/mol. The van der Waals surface area contributed by atoms with Gasteiger partial charge >= 0.3 is 6.09 Å². The van der Waals surface area contributed by atoms with Crippen molar-refractivity contribution in [2.24, 2.45) is 0 Å². The normalized spacial score (nSPS) is 10.2. The Morgan fingerprint density at radius 2 is 1.78 bits per heavy atom. The third-order valence-electron chi connectivity index (χ3n) is 3.41. The maximum absolute atomic E-state index is 12.1. The van der Waals surface area contributed by atoms with Crippen LogP contribution in [-0.2, 0) is 14.3 Å². The van der Waals surface area contributed by atoms with Crippen LogP contribution in [0.25, 0.3) is 0 Å². The van der Waals surface area contributed by atoms with Crippen LogP contribution >= 0.6 is 11.6 Å². The standard InChI is InChI=1S/C19H21ClN2O5/c1-13-10-14(20)6-7-17(13)27-12-18(23)21-15-4-3-5-16(11-15)22-19(24)26-9-8-25-2/h3-7,10-11H,8-9,12H2,1-2H3,(H,21,23)(H,22,24). The van der Waals surface area contributed by atoms with E-state index in [2.05, 4.69) is 10.6 Å². The predicted octanol–water partition coefficient (Wildman–Crippen LogP) is 3.86. The van der Waals surface area contributed by atoms with Crippen molar-refractivity contribution >= 4 is 35.0 Å². The van der Waals surface area contributed by atoms with E-state index in [-0.39, 0.29) is 19.1 Å². The Balaban J connectivity index is 1.85. The molecule has 144 valence electrons. The molecule has 0 aromatic heterocycles. The predicted molar refractivity (Wildman–Crippen MR) is 104 cm³/mol. The Morgan fingerprint density at radius 1 is 1.04 bits per heavy atom. The lowest BCUT2D eigenvalue weighted by molar-refractivity contribution is -0.118. The summed E-state index contributed by atoms with van der Waals surface area (Å²) in [5, 5.41) is 5.89. The van der Waals surface area contributed by atoms with Crippen molar-refractivity contribution in [1.82, 2.24) is 0 Å². The van der Waals surface area contributed by atoms with Gasteiger partial charge in [-0.15, -0.1) is 0 Å². The molecule has 0 saturated carbocycles. The average molecular weight is 393 g/mol. The van der Waals surface area contributed by atoms with Crippen LogP contribution in [0.3, 0.4) is 0 Å². The molecule has 8 heteroatoms. The summed E-state index contributed by atoms with van der Waals surface area (Å²) < 4.78 is 15.2. The molecule has 0 radical (unpaired) electrons. The van der Waals surface area contributed by atoms with Crippen LogP contribution in [0.15, 0.2) is 42.5 Å². The van der Waals surface area contributed by atoms with Crippen molar-refractivity contribution in [2.45, 2.75) is 6.92 Å². The molecule has 0 unspecified atom stereocenters. The first-order valence-corrected chi connectivity index (χ1v) is 8.57. The van der Waals surface area contributed by atoms with Gasteiger partial charge in [0.25, 0.3) is 5.91 Å². The van der Waals surface area contributed by atoms with Gasteiger partial charge in [0.05, 0.1) is 6.61 Å². The zero-order valence-electron chi connectivity index (χ0n) is 15.1. The fourth-order valence-electron chi connectivity index (χ4n) is 2.16. The van der Waals surface area contributed by atoms with Gasteiger partial charge in [0.2, 0.25) is 0 Å². The second-order valence-electron chi connectivity index (χ2n) is 5.58. The zero-order chi connectivity index (χ0) is 19.6. The Kier molecular flexibility index (Phi) is 7.91. The highest BCUT2D eigenvalue weighted by atomic mass is 35.5. The molecule has 7 nitrogen and oxygen atoms in total. The van der Waals surface area contributed by atoms with Crippen LogP contribution in [0.1, 0.15) is 5.56 Å². The second-order valence-corrected chi connectivity index (χ2v) is 6.02. The summed E-state index contributed by atoms with van der Waals surface area (Å²) in [6.07, 6.45) is -0.600. The minimum atomic E-state index is -0.600. The number of rotatable bonds is 8. The number of benzene rings is 2. The molecule has 0 aliphatic rings. The fraction of sp³-hybridized carbons (Fsp3) is 0.263. The van der Waals surface area contributed by atoms with E-state index < -0.39 is 6.09 Å². The SMILES string of the molecule is COCCOC(=O)Nc1cccc(NC(=O)COc2ccc(Cl)cc2C)c1. The van der Waals surface area contributed by atoms with Gasteiger partial charge in [0.1, 0.15) is 12.4 Å². The summed E-state index contributed by atoms with van der Waals surface area (Å²) in [5.41, 5.74) is 1.85. The first-order valence-electron chi connectivity index (χ1n) is 8.19. The smallest absolute Gasteiger partial charge is 0.411 e. The van der Waals surface area contributed by atoms with Crippen LogP contribution in [0.4, 0.5) is 16.2 Å². The largest absolute Gasteiger partial charge is 0.483 e. The van der Waals surface area contributed by atoms with E-state index in [0.717, 1.165) is 5.56 Å². The van der Waals surface area contributed by atoms with E-state index in [9.17, 15) is 9.59 Å². The first-order chi connectivity index (χ1) is 13.0. The number of amides is 2. The lowest BCUT2D eigenvalue weighted by Crippen LogP contribution is -2.20. The van der Waals surface area contributed by atoms with E-state index in [1.54, 1.807) is 42.5 Å². The number of hydrogen-bond acceptors (Lipinski definition) is 5. The summed E-state index contributed by atoms with van der Waals surface area (Å²) >= 11 is 5.89. The molecule has 0 bridgehead atoms. The topological polar surface area (TPSA) is 85.9 Å². The van der Waals surface area contributed by atoms with Crippen molar-refractivity contribution in [2.75, 3.05) is 37.6 Å². The second kappa shape index (κ2) is 10.4. The molecule has 2 N–H and O–H groups in total. The Hall–Kier alpha value is -2.77. The van der Waals surface area contributed by atoms with E-state index >= 15 is 0 Å². The Morgan fingerprint density at radius 3 is 2.48 bits per heavy atom. The van der Waals surface area contributed by atoms with Gasteiger partial charge in [0, 0.05) is 23.5 Å². The van der Waals surface area contributed by atoms with Gasteiger partial charge < -0.3 is 19.5 Å². The summed E-state index contributed by atoms with van der Waals surface area (Å²) in [5.74, 6) is 0.257. The molecule has 0 heterocycles. The number of hydrogen-bond donors (Lipinski definition) is 2. The lowest BCUT2D eigenvalue weighted by atomic mass is 10.2. The number of nitrogens with one attached hydrogen (secondary N) is 2. The highest BCUT2D eigenvalue weighted by Crippen LogP contribution is 2.22. The summed E-state index contributed by atoms with van der Waals surface area (Å²) in [6, 6.07) is 11.9. The van der Waals surface area contributed by atoms with Crippen molar-refractivity contribution in [3.05, 3.63) is 53.1 Å². The van der Waals surface area contributed by atoms with Crippen LogP contribution in [0, 0.1) is 6.92 Å². The number of methoxy groups -OCH3 is 1. The molecule has 0 spiro atoms. The van der Waals surface area contributed by atoms with Gasteiger partial charge in [-0.05, 0) is 48.9 Å². The van der Waals surface area contributed by atoms with Crippen LogP contribution < -0.4 is 15.4 Å². The first kappa shape index (κ1) is 20.5. The van der Waals surface area contributed by atoms with E-state index in [0.29, 0.717) is 28.8 Å². The van der Waals surface area contributed by atoms with Gasteiger partial charge in [-0.25, -0.2) is 4.79 Å². The highest BCUT2D eigenvalue weighted by Gasteiger charge is 2.08. The highest BCUT2D eigenvalue weighted by molar-refractivity contribution is 6.30. The number of aryl methyl sites for hydroxylation is 1. The minimum Gasteiger partial charge on any atom is -0.483 e. The quantitative estimate of drug-likeness (QED) is 0.666. The lowest BCUT2D eigenvalue weighted by Gasteiger charge is -2.11. The number of anilines is 2. The number of ether oxygens (including phenoxy) is 3. The van der Waals surface area contributed by atoms with Crippen molar-refractivity contribution in [3.63, 3.8) is 0 Å². The van der Waals surface area contributed by atoms with Crippen LogP contribution in [0.5, 0.6) is 5.75 Å². The average Bonchev–Trinajstić information content (AvgIpc) is 2.61. The number of halogens is 1. The molecule has 2 rings (SSSR count). The molecule has 2 aromatic carbocycles. The summed E-state index contributed by atoms with van der Waals surface area (Å²) in [6.45, 7) is 2.16. The molecular weight excluding hydrogens is 372 g/mol. The molecular formula is C19H21ClN2O5. The molecule has 27 heavy (non-hydrogen) atoms. The van der Waals surface area contributed by atoms with Crippen molar-refractivity contribution in [3.8, 4) is 5.75 Å². The molecule has 2 amide bonds. The summed E-state index contributed by atoms with van der Waals surface area (Å²) in [4.78, 5) is 23.7. The number of carbonyl (C=O) groups excluding carboxylic acids is 2. The molecule has 2 aromatic rings. The number of carbonyl (C=O) groups is 2. The van der Waals surface area contributed by atoms with Crippen molar-refractivity contribution < 1.29 is 23.8 Å². The fourth-order valence-corrected chi connectivity index (χ4v) is 2.39. The third kappa shape index (κ3) is 7.16. The minimum absolute atomic E-state index is 0.153. The Bertz CT molecular complexity index is 797. The van der Waals surface area contributed by atoms with E-state index in [4.69, 9.17) is 25.8 Å². The molecule has 0 saturated heterocycles. The molecule has 0 aliphatic carbocycles. The van der Waals surface area contributed by atoms with E-state index in [1.807, 2.05) is 6.92 Å². The Labute approximate surface area is 162 Å². The van der Waals surface area contributed by atoms with Gasteiger partial charge in [-0.1, -0.05) is 17.7 Å². The van der Waals surface area contributed by atoms with Crippen LogP contribution in [-0.4, -0.2) is 38.9 Å². The molecule has 0 atom stereocenters. The summed E-state index contributed by atoms with van der Waals surface area (Å²) in [7, 11) is 1.52. The van der Waals surface area contributed by atoms with Gasteiger partial charge in [-0.2, -0.15) is 0 Å². The van der Waals surface area contributed by atoms with Crippen LogP contribution in [0.2, 0.25) is 5.02 Å². The maximum Gasteiger partial charge on any atom is 0.411 e.